The van der Waals surface area contributed by atoms with Gasteiger partial charge in [-0.2, -0.15) is 9.61 Å². The molecule has 2 N–H and O–H groups in total. The molecule has 0 radical (unpaired) electrons. The van der Waals surface area contributed by atoms with Crippen molar-refractivity contribution in [2.45, 2.75) is 18.8 Å². The van der Waals surface area contributed by atoms with Crippen molar-refractivity contribution in [2.75, 3.05) is 25.5 Å². The smallest absolute Gasteiger partial charge is 0.171 e. The first-order valence-corrected chi connectivity index (χ1v) is 7.01. The van der Waals surface area contributed by atoms with Crippen LogP contribution >= 0.6 is 15.9 Å². The third-order valence-electron chi connectivity index (χ3n) is 3.42. The zero-order chi connectivity index (χ0) is 12.5. The fourth-order valence-electron chi connectivity index (χ4n) is 2.45. The van der Waals surface area contributed by atoms with Crippen LogP contribution in [0.15, 0.2) is 16.7 Å². The number of halogens is 1. The minimum absolute atomic E-state index is 0.498. The lowest BCUT2D eigenvalue weighted by atomic mass is 9.96. The molecule has 1 saturated heterocycles. The molecule has 1 fully saturated rings. The summed E-state index contributed by atoms with van der Waals surface area (Å²) in [6.07, 6.45) is 4.20. The summed E-state index contributed by atoms with van der Waals surface area (Å²) in [6, 6.07) is 2.10. The van der Waals surface area contributed by atoms with Crippen molar-refractivity contribution in [3.63, 3.8) is 0 Å². The Bertz CT molecular complexity index is 559. The summed E-state index contributed by atoms with van der Waals surface area (Å²) >= 11 is 3.50. The van der Waals surface area contributed by atoms with E-state index in [1.54, 1.807) is 6.20 Å². The second-order valence-corrected chi connectivity index (χ2v) is 5.44. The molecule has 2 aromatic rings. The fraction of sp³-hybridized carbons (Fsp3) is 0.500. The van der Waals surface area contributed by atoms with E-state index in [2.05, 4.69) is 37.7 Å². The lowest BCUT2D eigenvalue weighted by Crippen LogP contribution is -2.29. The molecule has 1 atom stereocenters. The van der Waals surface area contributed by atoms with Crippen molar-refractivity contribution < 1.29 is 0 Å². The standard InChI is InChI=1S/C12H16BrN5/c1-14-11-5-10(8-3-2-4-15-6-8)17-12-9(13)7-16-18(11)12/h5,7-8,14-15H,2-4,6H2,1H3. The quantitative estimate of drug-likeness (QED) is 0.891. The van der Waals surface area contributed by atoms with Crippen LogP contribution in [-0.2, 0) is 0 Å². The Labute approximate surface area is 114 Å². The van der Waals surface area contributed by atoms with Crippen molar-refractivity contribution in [2.24, 2.45) is 0 Å². The van der Waals surface area contributed by atoms with Crippen LogP contribution in [0.2, 0.25) is 0 Å². The molecule has 0 saturated carbocycles. The van der Waals surface area contributed by atoms with Gasteiger partial charge in [0.15, 0.2) is 5.65 Å². The van der Waals surface area contributed by atoms with Gasteiger partial charge in [-0.15, -0.1) is 0 Å². The second-order valence-electron chi connectivity index (χ2n) is 4.59. The summed E-state index contributed by atoms with van der Waals surface area (Å²) < 4.78 is 2.76. The van der Waals surface area contributed by atoms with Crippen LogP contribution in [0.25, 0.3) is 5.65 Å². The van der Waals surface area contributed by atoms with Gasteiger partial charge in [-0.25, -0.2) is 4.98 Å². The highest BCUT2D eigenvalue weighted by atomic mass is 79.9. The SMILES string of the molecule is CNc1cc(C2CCCNC2)nc2c(Br)cnn12. The van der Waals surface area contributed by atoms with E-state index in [1.807, 2.05) is 11.6 Å². The maximum absolute atomic E-state index is 4.74. The number of fused-ring (bicyclic) bond motifs is 1. The summed E-state index contributed by atoms with van der Waals surface area (Å²) in [5.41, 5.74) is 2.02. The normalized spacial score (nSPS) is 20.2. The van der Waals surface area contributed by atoms with Gasteiger partial charge in [0.1, 0.15) is 5.82 Å². The molecule has 3 rings (SSSR count). The number of hydrogen-bond donors (Lipinski definition) is 2. The summed E-state index contributed by atoms with van der Waals surface area (Å²) in [7, 11) is 1.91. The van der Waals surface area contributed by atoms with Crippen molar-refractivity contribution in [1.29, 1.82) is 0 Å². The van der Waals surface area contributed by atoms with E-state index in [0.717, 1.165) is 34.7 Å². The van der Waals surface area contributed by atoms with Crippen molar-refractivity contribution >= 4 is 27.4 Å². The number of rotatable bonds is 2. The average molecular weight is 310 g/mol. The number of piperidine rings is 1. The van der Waals surface area contributed by atoms with Crippen LogP contribution in [0.5, 0.6) is 0 Å². The number of anilines is 1. The van der Waals surface area contributed by atoms with E-state index in [-0.39, 0.29) is 0 Å². The van der Waals surface area contributed by atoms with Crippen LogP contribution in [-0.4, -0.2) is 34.7 Å². The molecule has 1 aliphatic rings. The zero-order valence-corrected chi connectivity index (χ0v) is 11.9. The lowest BCUT2D eigenvalue weighted by molar-refractivity contribution is 0.455. The molecule has 0 aliphatic carbocycles. The Morgan fingerprint density at radius 2 is 2.44 bits per heavy atom. The highest BCUT2D eigenvalue weighted by Gasteiger charge is 2.19. The monoisotopic (exact) mass is 309 g/mol. The van der Waals surface area contributed by atoms with E-state index in [9.17, 15) is 0 Å². The molecule has 0 aromatic carbocycles. The largest absolute Gasteiger partial charge is 0.373 e. The van der Waals surface area contributed by atoms with Gasteiger partial charge in [-0.3, -0.25) is 0 Å². The third-order valence-corrected chi connectivity index (χ3v) is 3.98. The van der Waals surface area contributed by atoms with Crippen LogP contribution in [0.4, 0.5) is 5.82 Å². The first kappa shape index (κ1) is 11.9. The summed E-state index contributed by atoms with van der Waals surface area (Å²) in [4.78, 5) is 4.74. The molecule has 0 bridgehead atoms. The van der Waals surface area contributed by atoms with Crippen LogP contribution in [0.3, 0.4) is 0 Å². The van der Waals surface area contributed by atoms with Gasteiger partial charge in [0.05, 0.1) is 16.4 Å². The molecule has 2 aromatic heterocycles. The van der Waals surface area contributed by atoms with Gasteiger partial charge in [0.25, 0.3) is 0 Å². The van der Waals surface area contributed by atoms with Gasteiger partial charge in [0.2, 0.25) is 0 Å². The van der Waals surface area contributed by atoms with E-state index >= 15 is 0 Å². The Hall–Kier alpha value is -1.14. The van der Waals surface area contributed by atoms with Gasteiger partial charge in [-0.1, -0.05) is 0 Å². The minimum atomic E-state index is 0.498. The Balaban J connectivity index is 2.08. The Kier molecular flexibility index (Phi) is 3.22. The molecule has 1 unspecified atom stereocenters. The first-order valence-electron chi connectivity index (χ1n) is 6.22. The maximum atomic E-state index is 4.74. The van der Waals surface area contributed by atoms with Crippen LogP contribution < -0.4 is 10.6 Å². The third kappa shape index (κ3) is 1.99. The predicted octanol–water partition coefficient (Wildman–Crippen LogP) is 2.00. The zero-order valence-electron chi connectivity index (χ0n) is 10.3. The second kappa shape index (κ2) is 4.85. The van der Waals surface area contributed by atoms with Crippen LogP contribution in [0, 0.1) is 0 Å². The van der Waals surface area contributed by atoms with E-state index in [1.165, 1.54) is 12.8 Å². The van der Waals surface area contributed by atoms with Crippen LogP contribution in [0.1, 0.15) is 24.5 Å². The Morgan fingerprint density at radius 3 is 3.17 bits per heavy atom. The topological polar surface area (TPSA) is 54.2 Å². The number of hydrogen-bond acceptors (Lipinski definition) is 4. The molecule has 6 heteroatoms. The predicted molar refractivity (Wildman–Crippen MR) is 75.1 cm³/mol. The van der Waals surface area contributed by atoms with E-state index < -0.39 is 0 Å². The molecule has 3 heterocycles. The van der Waals surface area contributed by atoms with Gasteiger partial charge in [0, 0.05) is 25.6 Å². The van der Waals surface area contributed by atoms with Crippen molar-refractivity contribution in [3.05, 3.63) is 22.4 Å². The van der Waals surface area contributed by atoms with Gasteiger partial charge >= 0.3 is 0 Å². The summed E-state index contributed by atoms with van der Waals surface area (Å²) in [5.74, 6) is 1.48. The van der Waals surface area contributed by atoms with Crippen molar-refractivity contribution in [1.82, 2.24) is 19.9 Å². The molecule has 0 amide bonds. The molecular formula is C12H16BrN5. The summed E-state index contributed by atoms with van der Waals surface area (Å²) in [5, 5.41) is 10.9. The first-order chi connectivity index (χ1) is 8.79. The molecule has 0 spiro atoms. The highest BCUT2D eigenvalue weighted by Crippen LogP contribution is 2.26. The number of nitrogens with zero attached hydrogens (tertiary/aromatic N) is 3. The molecule has 96 valence electrons. The highest BCUT2D eigenvalue weighted by molar-refractivity contribution is 9.10. The number of aromatic nitrogens is 3. The van der Waals surface area contributed by atoms with Crippen molar-refractivity contribution in [3.8, 4) is 0 Å². The fourth-order valence-corrected chi connectivity index (χ4v) is 2.79. The molecule has 1 aliphatic heterocycles. The van der Waals surface area contributed by atoms with Gasteiger partial charge in [-0.05, 0) is 35.3 Å². The molecule has 5 nitrogen and oxygen atoms in total. The Morgan fingerprint density at radius 1 is 1.56 bits per heavy atom. The molecular weight excluding hydrogens is 294 g/mol. The minimum Gasteiger partial charge on any atom is -0.373 e. The van der Waals surface area contributed by atoms with E-state index in [4.69, 9.17) is 4.98 Å². The van der Waals surface area contributed by atoms with E-state index in [0.29, 0.717) is 5.92 Å². The average Bonchev–Trinajstić information content (AvgIpc) is 2.81. The molecule has 18 heavy (non-hydrogen) atoms. The van der Waals surface area contributed by atoms with Gasteiger partial charge < -0.3 is 10.6 Å². The maximum Gasteiger partial charge on any atom is 0.171 e. The lowest BCUT2D eigenvalue weighted by Gasteiger charge is -2.22. The number of nitrogens with one attached hydrogen (secondary N) is 2. The summed E-state index contributed by atoms with van der Waals surface area (Å²) in [6.45, 7) is 2.13.